The molecular formula is C35H32F7N5O4S. The van der Waals surface area contributed by atoms with Crippen molar-refractivity contribution in [3.63, 3.8) is 0 Å². The Bertz CT molecular complexity index is 2020. The molecule has 2 saturated heterocycles. The van der Waals surface area contributed by atoms with Gasteiger partial charge in [-0.1, -0.05) is 26.8 Å². The number of amides is 1. The number of cyclic esters (lactones) is 1. The Kier molecular flexibility index (Phi) is 9.25. The number of ether oxygens (including phenoxy) is 1. The largest absolute Gasteiger partial charge is 0.478 e. The number of aryl methyl sites for hydroxylation is 1. The third kappa shape index (κ3) is 7.14. The summed E-state index contributed by atoms with van der Waals surface area (Å²) in [5, 5.41) is 10.0. The Balaban J connectivity index is 1.43. The first-order valence-electron chi connectivity index (χ1n) is 16.0. The molecule has 2 aromatic heterocycles. The topological polar surface area (TPSA) is 109 Å². The van der Waals surface area contributed by atoms with E-state index in [0.29, 0.717) is 44.4 Å². The Hall–Kier alpha value is -4.80. The van der Waals surface area contributed by atoms with Gasteiger partial charge in [0.1, 0.15) is 17.3 Å². The van der Waals surface area contributed by atoms with Crippen molar-refractivity contribution in [1.82, 2.24) is 19.9 Å². The highest BCUT2D eigenvalue weighted by Crippen LogP contribution is 2.45. The van der Waals surface area contributed by atoms with Crippen molar-refractivity contribution in [3.05, 3.63) is 81.8 Å². The number of nitrogens with zero attached hydrogens (tertiary/aromatic N) is 5. The molecule has 52 heavy (non-hydrogen) atoms. The monoisotopic (exact) mass is 751 g/mol. The molecule has 1 amide bonds. The van der Waals surface area contributed by atoms with Gasteiger partial charge in [-0.25, -0.2) is 28.9 Å². The summed E-state index contributed by atoms with van der Waals surface area (Å²) < 4.78 is 101. The molecule has 2 aliphatic rings. The number of thiazole rings is 1. The van der Waals surface area contributed by atoms with Crippen molar-refractivity contribution < 1.29 is 50.2 Å². The number of benzene rings is 2. The summed E-state index contributed by atoms with van der Waals surface area (Å²) in [4.78, 5) is 42.4. The molecule has 17 heteroatoms. The second kappa shape index (κ2) is 13.0. The van der Waals surface area contributed by atoms with Gasteiger partial charge in [-0.2, -0.15) is 26.3 Å². The number of aromatic nitrogens is 3. The van der Waals surface area contributed by atoms with E-state index in [1.165, 1.54) is 36.6 Å². The molecule has 9 nitrogen and oxygen atoms in total. The van der Waals surface area contributed by atoms with Crippen LogP contribution in [0.5, 0.6) is 0 Å². The van der Waals surface area contributed by atoms with Crippen molar-refractivity contribution in [1.29, 1.82) is 0 Å². The second-order valence-electron chi connectivity index (χ2n) is 13.8. The first kappa shape index (κ1) is 37.0. The third-order valence-corrected chi connectivity index (χ3v) is 10.0. The van der Waals surface area contributed by atoms with E-state index < -0.39 is 64.8 Å². The van der Waals surface area contributed by atoms with Gasteiger partial charge in [-0.15, -0.1) is 11.3 Å². The summed E-state index contributed by atoms with van der Waals surface area (Å²) in [6.45, 7) is 8.77. The van der Waals surface area contributed by atoms with E-state index in [1.807, 2.05) is 20.8 Å². The molecule has 2 unspecified atom stereocenters. The zero-order valence-corrected chi connectivity index (χ0v) is 29.2. The standard InChI is InChI=1S/C35H32F7N5O4S/c1-16-8-18(30(48)49)6-7-23(16)29-45-28(33(3,4)5)27(52-29)24-12-43-31(46-13-22(36)14-46)44-25(24)15-47-17(2)26(51-32(47)50)19-9-20(34(37,38)39)11-21(10-19)35(40,41)42/h6-12,17,22,26H,13-15H2,1-5H3,(H,48,49). The van der Waals surface area contributed by atoms with Crippen LogP contribution in [-0.4, -0.2) is 62.3 Å². The van der Waals surface area contributed by atoms with Gasteiger partial charge in [0, 0.05) is 22.7 Å². The predicted molar refractivity (Wildman–Crippen MR) is 177 cm³/mol. The van der Waals surface area contributed by atoms with Gasteiger partial charge in [0.15, 0.2) is 0 Å². The summed E-state index contributed by atoms with van der Waals surface area (Å²) in [6.07, 6.45) is -12.3. The zero-order valence-electron chi connectivity index (χ0n) is 28.4. The number of carbonyl (C=O) groups excluding carboxylic acids is 1. The van der Waals surface area contributed by atoms with E-state index >= 15 is 0 Å². The second-order valence-corrected chi connectivity index (χ2v) is 14.8. The quantitative estimate of drug-likeness (QED) is 0.187. The normalized spacial score (nSPS) is 18.5. The zero-order chi connectivity index (χ0) is 38.1. The Morgan fingerprint density at radius 1 is 0.981 bits per heavy atom. The lowest BCUT2D eigenvalue weighted by molar-refractivity contribution is -0.143. The van der Waals surface area contributed by atoms with E-state index in [4.69, 9.17) is 14.7 Å². The van der Waals surface area contributed by atoms with Crippen molar-refractivity contribution >= 4 is 29.3 Å². The maximum absolute atomic E-state index is 13.8. The fourth-order valence-corrected chi connectivity index (χ4v) is 7.48. The summed E-state index contributed by atoms with van der Waals surface area (Å²) in [6, 6.07) is 4.70. The van der Waals surface area contributed by atoms with Crippen LogP contribution in [0, 0.1) is 6.92 Å². The van der Waals surface area contributed by atoms with E-state index in [2.05, 4.69) is 4.98 Å². The van der Waals surface area contributed by atoms with Gasteiger partial charge < -0.3 is 14.7 Å². The molecule has 2 aromatic carbocycles. The van der Waals surface area contributed by atoms with Gasteiger partial charge in [0.2, 0.25) is 5.95 Å². The van der Waals surface area contributed by atoms with Crippen LogP contribution in [0.4, 0.5) is 41.5 Å². The average Bonchev–Trinajstić information content (AvgIpc) is 3.60. The molecule has 0 aliphatic carbocycles. The molecule has 0 radical (unpaired) electrons. The van der Waals surface area contributed by atoms with Crippen LogP contribution < -0.4 is 4.90 Å². The number of hydrogen-bond donors (Lipinski definition) is 1. The fourth-order valence-electron chi connectivity index (χ4n) is 6.08. The number of anilines is 1. The van der Waals surface area contributed by atoms with Crippen LogP contribution in [0.3, 0.4) is 0 Å². The molecule has 2 fully saturated rings. The van der Waals surface area contributed by atoms with Crippen LogP contribution in [0.1, 0.15) is 77.8 Å². The summed E-state index contributed by atoms with van der Waals surface area (Å²) >= 11 is 1.27. The van der Waals surface area contributed by atoms with Gasteiger partial charge in [-0.3, -0.25) is 4.90 Å². The lowest BCUT2D eigenvalue weighted by Gasteiger charge is -2.34. The molecule has 2 atom stereocenters. The minimum Gasteiger partial charge on any atom is -0.478 e. The number of alkyl halides is 7. The lowest BCUT2D eigenvalue weighted by Crippen LogP contribution is -2.49. The molecule has 0 spiro atoms. The first-order chi connectivity index (χ1) is 24.1. The maximum Gasteiger partial charge on any atom is 0.416 e. The summed E-state index contributed by atoms with van der Waals surface area (Å²) in [5.74, 6) is -0.918. The molecule has 0 bridgehead atoms. The van der Waals surface area contributed by atoms with E-state index in [-0.39, 0.29) is 42.9 Å². The van der Waals surface area contributed by atoms with Crippen LogP contribution in [-0.2, 0) is 29.0 Å². The number of aromatic carboxylic acids is 1. The van der Waals surface area contributed by atoms with Crippen LogP contribution in [0.25, 0.3) is 21.0 Å². The molecule has 6 rings (SSSR count). The fraction of sp³-hybridized carbons (Fsp3) is 0.400. The lowest BCUT2D eigenvalue weighted by atomic mass is 9.89. The number of carbonyl (C=O) groups is 2. The van der Waals surface area contributed by atoms with Crippen molar-refractivity contribution in [2.45, 2.75) is 77.2 Å². The van der Waals surface area contributed by atoms with E-state index in [0.717, 1.165) is 4.90 Å². The highest BCUT2D eigenvalue weighted by Gasteiger charge is 2.44. The molecule has 276 valence electrons. The third-order valence-electron chi connectivity index (χ3n) is 8.91. The van der Waals surface area contributed by atoms with Crippen LogP contribution >= 0.6 is 11.3 Å². The minimum atomic E-state index is -5.10. The first-order valence-corrected chi connectivity index (χ1v) is 16.8. The highest BCUT2D eigenvalue weighted by atomic mass is 32.1. The Morgan fingerprint density at radius 3 is 2.15 bits per heavy atom. The van der Waals surface area contributed by atoms with Crippen molar-refractivity contribution in [3.8, 4) is 21.0 Å². The van der Waals surface area contributed by atoms with Gasteiger partial charge in [0.25, 0.3) is 0 Å². The minimum absolute atomic E-state index is 0.00724. The summed E-state index contributed by atoms with van der Waals surface area (Å²) in [5.41, 5.74) is -1.34. The van der Waals surface area contributed by atoms with E-state index in [1.54, 1.807) is 17.9 Å². The predicted octanol–water partition coefficient (Wildman–Crippen LogP) is 8.85. The van der Waals surface area contributed by atoms with Crippen molar-refractivity contribution in [2.24, 2.45) is 0 Å². The molecular weight excluding hydrogens is 719 g/mol. The smallest absolute Gasteiger partial charge is 0.416 e. The maximum atomic E-state index is 13.8. The van der Waals surface area contributed by atoms with Crippen molar-refractivity contribution in [2.75, 3.05) is 18.0 Å². The van der Waals surface area contributed by atoms with Gasteiger partial charge in [0.05, 0.1) is 58.6 Å². The number of hydrogen-bond acceptors (Lipinski definition) is 8. The average molecular weight is 752 g/mol. The number of rotatable bonds is 7. The molecule has 4 heterocycles. The van der Waals surface area contributed by atoms with Gasteiger partial charge >= 0.3 is 24.4 Å². The summed E-state index contributed by atoms with van der Waals surface area (Å²) in [7, 11) is 0. The number of carboxylic acid groups (broad SMARTS) is 1. The highest BCUT2D eigenvalue weighted by molar-refractivity contribution is 7.18. The Labute approximate surface area is 297 Å². The SMILES string of the molecule is Cc1cc(C(=O)O)ccc1-c1nc(C(C)(C)C)c(-c2cnc(N3CC(F)C3)nc2CN2C(=O)OC(c3cc(C(F)(F)F)cc(C(F)(F)F)c3)C2C)s1. The molecule has 0 saturated carbocycles. The van der Waals surface area contributed by atoms with Crippen LogP contribution in [0.15, 0.2) is 42.6 Å². The number of carboxylic acids is 1. The van der Waals surface area contributed by atoms with Crippen LogP contribution in [0.2, 0.25) is 0 Å². The molecule has 4 aromatic rings. The number of halogens is 7. The molecule has 2 aliphatic heterocycles. The van der Waals surface area contributed by atoms with E-state index in [9.17, 15) is 45.4 Å². The Morgan fingerprint density at radius 2 is 1.62 bits per heavy atom. The van der Waals surface area contributed by atoms with Gasteiger partial charge in [-0.05, 0) is 55.3 Å². The molecule has 1 N–H and O–H groups in total.